The molecule has 1 amide bonds. The fraction of sp³-hybridized carbons (Fsp3) is 0.367. The molecule has 1 spiro atoms. The van der Waals surface area contributed by atoms with Gasteiger partial charge in [0.05, 0.1) is 34.9 Å². The minimum atomic E-state index is -3.86. The molecule has 1 saturated heterocycles. The number of amides is 1. The Morgan fingerprint density at radius 1 is 1.00 bits per heavy atom. The molecule has 0 aromatic heterocycles. The summed E-state index contributed by atoms with van der Waals surface area (Å²) >= 11 is 18.4. The average Bonchev–Trinajstić information content (AvgIpc) is 3.22. The largest absolute Gasteiger partial charge is 0.375 e. The van der Waals surface area contributed by atoms with Crippen molar-refractivity contribution in [3.63, 3.8) is 0 Å². The predicted octanol–water partition coefficient (Wildman–Crippen LogP) is 4.95. The number of nitrogens with one attached hydrogen (secondary N) is 3. The molecule has 12 heteroatoms. The number of hydrogen-bond donors (Lipinski definition) is 3. The zero-order chi connectivity index (χ0) is 30.0. The van der Waals surface area contributed by atoms with Gasteiger partial charge in [-0.1, -0.05) is 75.2 Å². The number of fused-ring (bicyclic) bond motifs is 2. The van der Waals surface area contributed by atoms with E-state index in [1.165, 1.54) is 6.26 Å². The van der Waals surface area contributed by atoms with E-state index in [9.17, 15) is 13.2 Å². The van der Waals surface area contributed by atoms with Crippen LogP contribution in [0.5, 0.6) is 0 Å². The van der Waals surface area contributed by atoms with E-state index >= 15 is 0 Å². The SMILES string of the molecule is CS(=O)(=O)[N+]1(NC(=O)C(COCc2cccc(Cl)c2)NCc2ccc(Cl)c(Cl)c2)CC2(CCNCC2)c2ccccc21. The van der Waals surface area contributed by atoms with E-state index in [4.69, 9.17) is 39.5 Å². The van der Waals surface area contributed by atoms with Crippen molar-refractivity contribution in [2.24, 2.45) is 0 Å². The number of para-hydroxylation sites is 1. The first-order valence-corrected chi connectivity index (χ1v) is 16.7. The maximum Gasteiger partial charge on any atom is 0.321 e. The van der Waals surface area contributed by atoms with E-state index in [-0.39, 0.29) is 31.7 Å². The zero-order valence-corrected chi connectivity index (χ0v) is 26.3. The summed E-state index contributed by atoms with van der Waals surface area (Å²) in [4.78, 5) is 14.1. The first-order valence-electron chi connectivity index (χ1n) is 13.7. The molecule has 3 aromatic rings. The smallest absolute Gasteiger partial charge is 0.321 e. The Balaban J connectivity index is 1.42. The molecule has 224 valence electrons. The number of piperidine rings is 1. The number of halogens is 3. The van der Waals surface area contributed by atoms with Gasteiger partial charge in [0.25, 0.3) is 5.91 Å². The Morgan fingerprint density at radius 2 is 1.76 bits per heavy atom. The van der Waals surface area contributed by atoms with E-state index in [0.717, 1.165) is 42.6 Å². The quantitative estimate of drug-likeness (QED) is 0.268. The second-order valence-corrected chi connectivity index (χ2v) is 14.3. The standard InChI is InChI=1S/C30H33Cl3N4O4S/c1-42(39,40)37(20-30(11-13-34-14-12-30)24-7-2-3-8-28(24)37)36-29(38)27(19-41-18-22-5-4-6-23(31)15-22)35-17-21-9-10-25(32)26(33)16-21/h2-10,15-16,27,34-35H,11-14,17-20H2,1H3/p+1. The maximum absolute atomic E-state index is 14.1. The van der Waals surface area contributed by atoms with Crippen LogP contribution in [0.2, 0.25) is 15.1 Å². The molecule has 0 bridgehead atoms. The van der Waals surface area contributed by atoms with Crippen molar-refractivity contribution in [3.8, 4) is 0 Å². The van der Waals surface area contributed by atoms with Gasteiger partial charge in [-0.2, -0.15) is 13.8 Å². The van der Waals surface area contributed by atoms with E-state index < -0.39 is 26.0 Å². The van der Waals surface area contributed by atoms with Crippen molar-refractivity contribution in [1.29, 1.82) is 0 Å². The van der Waals surface area contributed by atoms with Crippen LogP contribution >= 0.6 is 34.8 Å². The van der Waals surface area contributed by atoms with E-state index in [2.05, 4.69) is 16.1 Å². The normalized spacial score (nSPS) is 20.3. The van der Waals surface area contributed by atoms with Crippen LogP contribution < -0.4 is 20.1 Å². The summed E-state index contributed by atoms with van der Waals surface area (Å²) in [5.74, 6) is -0.493. The Hall–Kier alpha value is -2.21. The van der Waals surface area contributed by atoms with Gasteiger partial charge in [-0.05, 0) is 61.3 Å². The third-order valence-corrected chi connectivity index (χ3v) is 10.6. The number of rotatable bonds is 10. The van der Waals surface area contributed by atoms with Gasteiger partial charge in [0.2, 0.25) is 0 Å². The number of sulfonamides is 1. The van der Waals surface area contributed by atoms with Crippen LogP contribution in [-0.2, 0) is 38.1 Å². The monoisotopic (exact) mass is 651 g/mol. The van der Waals surface area contributed by atoms with Crippen LogP contribution in [0.25, 0.3) is 0 Å². The highest BCUT2D eigenvalue weighted by atomic mass is 35.5. The third-order valence-electron chi connectivity index (χ3n) is 8.10. The average molecular weight is 653 g/mol. The minimum Gasteiger partial charge on any atom is -0.375 e. The number of carbonyl (C=O) groups is 1. The van der Waals surface area contributed by atoms with E-state index in [1.807, 2.05) is 36.4 Å². The van der Waals surface area contributed by atoms with Crippen molar-refractivity contribution >= 4 is 56.4 Å². The summed E-state index contributed by atoms with van der Waals surface area (Å²) in [6, 6.07) is 19.2. The Kier molecular flexibility index (Phi) is 9.51. The summed E-state index contributed by atoms with van der Waals surface area (Å²) in [5, 5.41) is 8.03. The summed E-state index contributed by atoms with van der Waals surface area (Å²) in [6.07, 6.45) is 2.73. The fourth-order valence-corrected chi connectivity index (χ4v) is 7.73. The van der Waals surface area contributed by atoms with Gasteiger partial charge >= 0.3 is 10.0 Å². The zero-order valence-electron chi connectivity index (χ0n) is 23.2. The van der Waals surface area contributed by atoms with E-state index in [0.29, 0.717) is 20.8 Å². The highest BCUT2D eigenvalue weighted by molar-refractivity contribution is 7.90. The fourth-order valence-electron chi connectivity index (χ4n) is 5.94. The number of hydrogen-bond acceptors (Lipinski definition) is 6. The van der Waals surface area contributed by atoms with Crippen molar-refractivity contribution < 1.29 is 17.9 Å². The van der Waals surface area contributed by atoms with Crippen LogP contribution in [0.4, 0.5) is 5.69 Å². The molecule has 5 rings (SSSR count). The van der Waals surface area contributed by atoms with Crippen molar-refractivity contribution in [2.75, 3.05) is 32.5 Å². The molecule has 42 heavy (non-hydrogen) atoms. The molecule has 2 aliphatic heterocycles. The maximum atomic E-state index is 14.1. The molecule has 2 atom stereocenters. The topological polar surface area (TPSA) is 96.5 Å². The molecular weight excluding hydrogens is 619 g/mol. The Morgan fingerprint density at radius 3 is 2.48 bits per heavy atom. The number of ether oxygens (including phenoxy) is 1. The van der Waals surface area contributed by atoms with E-state index in [1.54, 1.807) is 30.3 Å². The van der Waals surface area contributed by atoms with Gasteiger partial charge < -0.3 is 10.1 Å². The van der Waals surface area contributed by atoms with Gasteiger partial charge in [0.15, 0.2) is 5.69 Å². The number of nitrogens with zero attached hydrogens (tertiary/aromatic N) is 1. The highest BCUT2D eigenvalue weighted by Gasteiger charge is 2.60. The first kappa shape index (κ1) is 31.2. The molecule has 8 nitrogen and oxygen atoms in total. The predicted molar refractivity (Wildman–Crippen MR) is 168 cm³/mol. The highest BCUT2D eigenvalue weighted by Crippen LogP contribution is 2.50. The van der Waals surface area contributed by atoms with Crippen LogP contribution in [0.3, 0.4) is 0 Å². The Bertz CT molecular complexity index is 1570. The lowest BCUT2D eigenvalue weighted by Gasteiger charge is -2.36. The molecule has 2 unspecified atom stereocenters. The molecule has 0 aliphatic carbocycles. The van der Waals surface area contributed by atoms with Gasteiger partial charge in [0, 0.05) is 23.2 Å². The van der Waals surface area contributed by atoms with Gasteiger partial charge in [0.1, 0.15) is 12.6 Å². The van der Waals surface area contributed by atoms with Crippen molar-refractivity contribution in [2.45, 2.75) is 37.5 Å². The lowest BCUT2D eigenvalue weighted by atomic mass is 9.75. The summed E-state index contributed by atoms with van der Waals surface area (Å²) in [5.41, 5.74) is 5.80. The lowest BCUT2D eigenvalue weighted by Crippen LogP contribution is -2.68. The van der Waals surface area contributed by atoms with Crippen LogP contribution in [0.15, 0.2) is 66.7 Å². The third kappa shape index (κ3) is 6.49. The first-order chi connectivity index (χ1) is 20.0. The molecule has 0 radical (unpaired) electrons. The van der Waals surface area contributed by atoms with Crippen LogP contribution in [0.1, 0.15) is 29.5 Å². The van der Waals surface area contributed by atoms with Gasteiger partial charge in [-0.3, -0.25) is 10.1 Å². The minimum absolute atomic E-state index is 0.0137. The number of benzene rings is 3. The summed E-state index contributed by atoms with van der Waals surface area (Å²) in [7, 11) is -3.86. The lowest BCUT2D eigenvalue weighted by molar-refractivity contribution is -0.127. The van der Waals surface area contributed by atoms with Crippen molar-refractivity contribution in [1.82, 2.24) is 20.1 Å². The molecule has 3 aromatic carbocycles. The molecule has 1 fully saturated rings. The molecule has 3 N–H and O–H groups in total. The number of quaternary nitrogens is 1. The second kappa shape index (κ2) is 12.8. The second-order valence-electron chi connectivity index (χ2n) is 11.0. The summed E-state index contributed by atoms with van der Waals surface area (Å²) < 4.78 is 32.6. The van der Waals surface area contributed by atoms with Crippen LogP contribution in [0, 0.1) is 0 Å². The number of carbonyl (C=O) groups excluding carboxylic acids is 1. The van der Waals surface area contributed by atoms with Gasteiger partial charge in [-0.15, -0.1) is 0 Å². The molecule has 2 heterocycles. The van der Waals surface area contributed by atoms with Gasteiger partial charge in [-0.25, -0.2) is 0 Å². The molecular formula is C30H34Cl3N4O4S+. The Labute approximate surface area is 261 Å². The molecule has 2 aliphatic rings. The van der Waals surface area contributed by atoms with Crippen molar-refractivity contribution in [3.05, 3.63) is 98.5 Å². The molecule has 0 saturated carbocycles. The summed E-state index contributed by atoms with van der Waals surface area (Å²) in [6.45, 7) is 2.26. The van der Waals surface area contributed by atoms with Crippen LogP contribution in [-0.4, -0.2) is 52.9 Å².